The standard InChI is InChI=1S/C15H17N3O3/c1-9-12(15(19)20)6-10(21-9)7-16-14-11-4-2-3-5-13(11)17-8-18-14/h6,8H,2-5,7H2,1H3,(H,19,20)(H,16,17,18). The number of fused-ring (bicyclic) bond motifs is 1. The molecule has 2 aromatic rings. The summed E-state index contributed by atoms with van der Waals surface area (Å²) >= 11 is 0. The Morgan fingerprint density at radius 2 is 2.19 bits per heavy atom. The van der Waals surface area contributed by atoms with Gasteiger partial charge in [0.2, 0.25) is 0 Å². The maximum atomic E-state index is 11.0. The normalized spacial score (nSPS) is 13.8. The lowest BCUT2D eigenvalue weighted by molar-refractivity contribution is 0.0695. The molecule has 0 saturated carbocycles. The van der Waals surface area contributed by atoms with Crippen molar-refractivity contribution in [1.82, 2.24) is 9.97 Å². The summed E-state index contributed by atoms with van der Waals surface area (Å²) in [5.74, 6) is 0.865. The third kappa shape index (κ3) is 2.74. The molecule has 0 radical (unpaired) electrons. The van der Waals surface area contributed by atoms with E-state index in [0.717, 1.165) is 30.8 Å². The van der Waals surface area contributed by atoms with Crippen molar-refractivity contribution in [1.29, 1.82) is 0 Å². The maximum absolute atomic E-state index is 11.0. The fourth-order valence-corrected chi connectivity index (χ4v) is 2.69. The highest BCUT2D eigenvalue weighted by molar-refractivity contribution is 5.88. The number of nitrogens with zero attached hydrogens (tertiary/aromatic N) is 2. The van der Waals surface area contributed by atoms with Gasteiger partial charge in [0.05, 0.1) is 6.54 Å². The number of furan rings is 1. The molecule has 0 aromatic carbocycles. The molecule has 2 aromatic heterocycles. The summed E-state index contributed by atoms with van der Waals surface area (Å²) in [4.78, 5) is 19.6. The van der Waals surface area contributed by atoms with E-state index >= 15 is 0 Å². The Bertz CT molecular complexity index is 679. The molecule has 1 aliphatic rings. The molecule has 0 saturated heterocycles. The molecular weight excluding hydrogens is 270 g/mol. The van der Waals surface area contributed by atoms with Crippen LogP contribution in [0.15, 0.2) is 16.8 Å². The van der Waals surface area contributed by atoms with E-state index in [1.807, 2.05) is 0 Å². The van der Waals surface area contributed by atoms with E-state index in [1.165, 1.54) is 12.0 Å². The molecule has 0 fully saturated rings. The maximum Gasteiger partial charge on any atom is 0.339 e. The molecule has 3 rings (SSSR count). The number of aromatic carboxylic acids is 1. The summed E-state index contributed by atoms with van der Waals surface area (Å²) in [7, 11) is 0. The molecule has 0 amide bonds. The molecule has 0 unspecified atom stereocenters. The summed E-state index contributed by atoms with van der Waals surface area (Å²) in [6.45, 7) is 2.07. The van der Waals surface area contributed by atoms with Crippen LogP contribution in [-0.2, 0) is 19.4 Å². The van der Waals surface area contributed by atoms with Crippen molar-refractivity contribution in [2.24, 2.45) is 0 Å². The molecule has 2 N–H and O–H groups in total. The molecular formula is C15H17N3O3. The predicted octanol–water partition coefficient (Wildman–Crippen LogP) is 2.57. The van der Waals surface area contributed by atoms with Crippen molar-refractivity contribution in [3.05, 3.63) is 40.7 Å². The van der Waals surface area contributed by atoms with Crippen LogP contribution in [0.5, 0.6) is 0 Å². The van der Waals surface area contributed by atoms with E-state index in [2.05, 4.69) is 15.3 Å². The van der Waals surface area contributed by atoms with Crippen LogP contribution in [0.1, 0.15) is 46.0 Å². The second kappa shape index (κ2) is 5.55. The Balaban J connectivity index is 1.76. The van der Waals surface area contributed by atoms with Gasteiger partial charge >= 0.3 is 5.97 Å². The molecule has 2 heterocycles. The number of hydrogen-bond donors (Lipinski definition) is 2. The first-order valence-corrected chi connectivity index (χ1v) is 7.04. The number of hydrogen-bond acceptors (Lipinski definition) is 5. The van der Waals surface area contributed by atoms with Crippen LogP contribution in [0.25, 0.3) is 0 Å². The van der Waals surface area contributed by atoms with Crippen LogP contribution in [0, 0.1) is 6.92 Å². The highest BCUT2D eigenvalue weighted by atomic mass is 16.4. The van der Waals surface area contributed by atoms with Crippen LogP contribution in [0.3, 0.4) is 0 Å². The molecule has 0 aliphatic heterocycles. The van der Waals surface area contributed by atoms with Crippen molar-refractivity contribution >= 4 is 11.8 Å². The molecule has 6 heteroatoms. The lowest BCUT2D eigenvalue weighted by Gasteiger charge is -2.17. The van der Waals surface area contributed by atoms with Gasteiger partial charge in [-0.1, -0.05) is 0 Å². The summed E-state index contributed by atoms with van der Waals surface area (Å²) in [5, 5.41) is 12.3. The van der Waals surface area contributed by atoms with Gasteiger partial charge in [-0.25, -0.2) is 14.8 Å². The molecule has 1 aliphatic carbocycles. The Morgan fingerprint density at radius 3 is 2.95 bits per heavy atom. The first-order valence-electron chi connectivity index (χ1n) is 7.04. The Labute approximate surface area is 122 Å². The second-order valence-electron chi connectivity index (χ2n) is 5.20. The van der Waals surface area contributed by atoms with Gasteiger partial charge in [-0.2, -0.15) is 0 Å². The number of carbonyl (C=O) groups is 1. The highest BCUT2D eigenvalue weighted by Crippen LogP contribution is 2.25. The number of rotatable bonds is 4. The monoisotopic (exact) mass is 287 g/mol. The zero-order chi connectivity index (χ0) is 14.8. The minimum Gasteiger partial charge on any atom is -0.478 e. The van der Waals surface area contributed by atoms with Gasteiger partial charge in [0, 0.05) is 11.3 Å². The summed E-state index contributed by atoms with van der Waals surface area (Å²) in [5.41, 5.74) is 2.49. The lowest BCUT2D eigenvalue weighted by atomic mass is 9.96. The van der Waals surface area contributed by atoms with Gasteiger partial charge in [-0.3, -0.25) is 0 Å². The number of carboxylic acid groups (broad SMARTS) is 1. The Hall–Kier alpha value is -2.37. The second-order valence-corrected chi connectivity index (χ2v) is 5.20. The first kappa shape index (κ1) is 13.6. The summed E-state index contributed by atoms with van der Waals surface area (Å²) < 4.78 is 5.46. The Morgan fingerprint density at radius 1 is 1.38 bits per heavy atom. The fraction of sp³-hybridized carbons (Fsp3) is 0.400. The number of aromatic nitrogens is 2. The van der Waals surface area contributed by atoms with Gasteiger partial charge in [0.25, 0.3) is 0 Å². The van der Waals surface area contributed by atoms with Crippen molar-refractivity contribution in [2.45, 2.75) is 39.2 Å². The zero-order valence-electron chi connectivity index (χ0n) is 11.8. The third-order valence-electron chi connectivity index (χ3n) is 3.75. The van der Waals surface area contributed by atoms with Gasteiger partial charge in [-0.05, 0) is 38.7 Å². The minimum absolute atomic E-state index is 0.205. The zero-order valence-corrected chi connectivity index (χ0v) is 11.8. The number of carboxylic acids is 1. The minimum atomic E-state index is -0.970. The van der Waals surface area contributed by atoms with E-state index in [9.17, 15) is 4.79 Å². The summed E-state index contributed by atoms with van der Waals surface area (Å²) in [6, 6.07) is 1.55. The van der Waals surface area contributed by atoms with Crippen LogP contribution in [0.2, 0.25) is 0 Å². The van der Waals surface area contributed by atoms with Gasteiger partial charge < -0.3 is 14.8 Å². The van der Waals surface area contributed by atoms with Gasteiger partial charge in [0.15, 0.2) is 0 Å². The van der Waals surface area contributed by atoms with Crippen molar-refractivity contribution < 1.29 is 14.3 Å². The van der Waals surface area contributed by atoms with Gasteiger partial charge in [-0.15, -0.1) is 0 Å². The van der Waals surface area contributed by atoms with Crippen molar-refractivity contribution in [2.75, 3.05) is 5.32 Å². The average molecular weight is 287 g/mol. The molecule has 110 valence electrons. The number of anilines is 1. The fourth-order valence-electron chi connectivity index (χ4n) is 2.69. The Kier molecular flexibility index (Phi) is 3.60. The molecule has 6 nitrogen and oxygen atoms in total. The van der Waals surface area contributed by atoms with E-state index in [1.54, 1.807) is 19.3 Å². The van der Waals surface area contributed by atoms with E-state index in [4.69, 9.17) is 9.52 Å². The lowest BCUT2D eigenvalue weighted by Crippen LogP contribution is -2.11. The number of aryl methyl sites for hydroxylation is 2. The average Bonchev–Trinajstić information content (AvgIpc) is 2.86. The number of nitrogens with one attached hydrogen (secondary N) is 1. The van der Waals surface area contributed by atoms with E-state index in [0.29, 0.717) is 18.1 Å². The van der Waals surface area contributed by atoms with Gasteiger partial charge in [0.1, 0.15) is 29.2 Å². The topological polar surface area (TPSA) is 88.3 Å². The van der Waals surface area contributed by atoms with Crippen LogP contribution in [0.4, 0.5) is 5.82 Å². The largest absolute Gasteiger partial charge is 0.478 e. The highest BCUT2D eigenvalue weighted by Gasteiger charge is 2.17. The molecule has 0 spiro atoms. The third-order valence-corrected chi connectivity index (χ3v) is 3.75. The van der Waals surface area contributed by atoms with Crippen LogP contribution >= 0.6 is 0 Å². The smallest absolute Gasteiger partial charge is 0.339 e. The van der Waals surface area contributed by atoms with Crippen molar-refractivity contribution in [3.8, 4) is 0 Å². The molecule has 0 bridgehead atoms. The van der Waals surface area contributed by atoms with E-state index in [-0.39, 0.29) is 5.56 Å². The SMILES string of the molecule is Cc1oc(CNc2ncnc3c2CCCC3)cc1C(=O)O. The first-order chi connectivity index (χ1) is 10.1. The van der Waals surface area contributed by atoms with E-state index < -0.39 is 5.97 Å². The molecule has 0 atom stereocenters. The predicted molar refractivity (Wildman–Crippen MR) is 76.4 cm³/mol. The van der Waals surface area contributed by atoms with Crippen LogP contribution in [-0.4, -0.2) is 21.0 Å². The van der Waals surface area contributed by atoms with Crippen LogP contribution < -0.4 is 5.32 Å². The quantitative estimate of drug-likeness (QED) is 0.898. The van der Waals surface area contributed by atoms with Crippen molar-refractivity contribution in [3.63, 3.8) is 0 Å². The summed E-state index contributed by atoms with van der Waals surface area (Å²) in [6.07, 6.45) is 5.87. The molecule has 21 heavy (non-hydrogen) atoms.